The molecule has 4 nitrogen and oxygen atoms in total. The normalized spacial score (nSPS) is 28.9. The lowest BCUT2D eigenvalue weighted by atomic mass is 9.94. The minimum absolute atomic E-state index is 0.0290. The van der Waals surface area contributed by atoms with Crippen LogP contribution in [0, 0.1) is 5.92 Å². The van der Waals surface area contributed by atoms with E-state index in [1.807, 2.05) is 0 Å². The van der Waals surface area contributed by atoms with Gasteiger partial charge in [0.2, 0.25) is 0 Å². The summed E-state index contributed by atoms with van der Waals surface area (Å²) in [5.41, 5.74) is 0. The molecule has 0 aromatic carbocycles. The minimum atomic E-state index is -0.0290. The van der Waals surface area contributed by atoms with E-state index in [2.05, 4.69) is 10.2 Å². The first kappa shape index (κ1) is 11.9. The average Bonchev–Trinajstić information content (AvgIpc) is 2.39. The van der Waals surface area contributed by atoms with Gasteiger partial charge in [-0.1, -0.05) is 0 Å². The van der Waals surface area contributed by atoms with E-state index < -0.39 is 0 Å². The van der Waals surface area contributed by atoms with E-state index in [1.54, 1.807) is 0 Å². The van der Waals surface area contributed by atoms with Gasteiger partial charge in [0.15, 0.2) is 0 Å². The number of nitrogens with one attached hydrogen (secondary N) is 1. The van der Waals surface area contributed by atoms with Gasteiger partial charge in [-0.15, -0.1) is 0 Å². The summed E-state index contributed by atoms with van der Waals surface area (Å²) in [6.45, 7) is 4.28. The average molecular weight is 226 g/mol. The predicted octanol–water partition coefficient (Wildman–Crippen LogP) is 0.623. The van der Waals surface area contributed by atoms with E-state index >= 15 is 0 Å². The summed E-state index contributed by atoms with van der Waals surface area (Å²) in [7, 11) is 1.49. The molecule has 2 heterocycles. The molecule has 0 spiro atoms. The van der Waals surface area contributed by atoms with Crippen molar-refractivity contribution in [3.05, 3.63) is 0 Å². The maximum absolute atomic E-state index is 11.5. The Balaban J connectivity index is 1.87. The molecule has 1 N–H and O–H groups in total. The molecule has 2 fully saturated rings. The molecule has 0 radical (unpaired) electrons. The van der Waals surface area contributed by atoms with Crippen LogP contribution in [0.25, 0.3) is 0 Å². The number of carbonyl (C=O) groups is 1. The van der Waals surface area contributed by atoms with E-state index in [-0.39, 0.29) is 11.9 Å². The highest BCUT2D eigenvalue weighted by atomic mass is 16.5. The Labute approximate surface area is 97.3 Å². The largest absolute Gasteiger partial charge is 0.469 e. The number of nitrogens with zero attached hydrogens (tertiary/aromatic N) is 1. The first-order chi connectivity index (χ1) is 7.81. The smallest absolute Gasteiger partial charge is 0.309 e. The fourth-order valence-electron chi connectivity index (χ4n) is 2.87. The second-order valence-electron chi connectivity index (χ2n) is 4.84. The molecule has 2 aliphatic rings. The number of methoxy groups -OCH3 is 1. The zero-order valence-corrected chi connectivity index (χ0v) is 10.1. The highest BCUT2D eigenvalue weighted by Crippen LogP contribution is 2.22. The lowest BCUT2D eigenvalue weighted by Crippen LogP contribution is -2.48. The summed E-state index contributed by atoms with van der Waals surface area (Å²) in [5, 5.41) is 3.38. The molecule has 16 heavy (non-hydrogen) atoms. The molecule has 4 heteroatoms. The summed E-state index contributed by atoms with van der Waals surface area (Å²) in [6, 6.07) is 0.675. The number of piperidine rings is 2. The van der Waals surface area contributed by atoms with Gasteiger partial charge in [-0.25, -0.2) is 0 Å². The van der Waals surface area contributed by atoms with Crippen LogP contribution in [-0.4, -0.2) is 50.2 Å². The molecule has 0 aromatic rings. The number of esters is 1. The number of likely N-dealkylation sites (tertiary alicyclic amines) is 1. The van der Waals surface area contributed by atoms with Crippen LogP contribution in [0.1, 0.15) is 25.7 Å². The van der Waals surface area contributed by atoms with Crippen molar-refractivity contribution in [2.24, 2.45) is 5.92 Å². The third kappa shape index (κ3) is 2.74. The standard InChI is InChI=1S/C12H22N2O2/c1-16-12(15)10-3-2-8-14(9-10)11-4-6-13-7-5-11/h10-11,13H,2-9H2,1H3. The van der Waals surface area contributed by atoms with E-state index in [4.69, 9.17) is 4.74 Å². The van der Waals surface area contributed by atoms with Gasteiger partial charge in [0.25, 0.3) is 0 Å². The van der Waals surface area contributed by atoms with Gasteiger partial charge >= 0.3 is 5.97 Å². The maximum Gasteiger partial charge on any atom is 0.309 e. The summed E-state index contributed by atoms with van der Waals surface area (Å²) in [4.78, 5) is 14.0. The van der Waals surface area contributed by atoms with Crippen molar-refractivity contribution in [1.82, 2.24) is 10.2 Å². The Morgan fingerprint density at radius 2 is 2.06 bits per heavy atom. The number of hydrogen-bond donors (Lipinski definition) is 1. The maximum atomic E-state index is 11.5. The monoisotopic (exact) mass is 226 g/mol. The molecule has 0 bridgehead atoms. The minimum Gasteiger partial charge on any atom is -0.469 e. The molecule has 2 saturated heterocycles. The number of carbonyl (C=O) groups excluding carboxylic acids is 1. The highest BCUT2D eigenvalue weighted by molar-refractivity contribution is 5.72. The van der Waals surface area contributed by atoms with Crippen molar-refractivity contribution in [2.45, 2.75) is 31.7 Å². The Morgan fingerprint density at radius 3 is 2.75 bits per heavy atom. The quantitative estimate of drug-likeness (QED) is 0.701. The van der Waals surface area contributed by atoms with E-state index in [9.17, 15) is 4.79 Å². The summed E-state index contributed by atoms with van der Waals surface area (Å²) < 4.78 is 4.85. The zero-order chi connectivity index (χ0) is 11.4. The lowest BCUT2D eigenvalue weighted by Gasteiger charge is -2.39. The third-order valence-electron chi connectivity index (χ3n) is 3.81. The zero-order valence-electron chi connectivity index (χ0n) is 10.1. The number of ether oxygens (including phenoxy) is 1. The molecule has 0 saturated carbocycles. The van der Waals surface area contributed by atoms with Gasteiger partial charge in [0, 0.05) is 12.6 Å². The van der Waals surface area contributed by atoms with Crippen LogP contribution in [0.3, 0.4) is 0 Å². The van der Waals surface area contributed by atoms with Gasteiger partial charge in [0.1, 0.15) is 0 Å². The Hall–Kier alpha value is -0.610. The number of rotatable bonds is 2. The molecule has 1 atom stereocenters. The van der Waals surface area contributed by atoms with Crippen molar-refractivity contribution >= 4 is 5.97 Å². The third-order valence-corrected chi connectivity index (χ3v) is 3.81. The van der Waals surface area contributed by atoms with Crippen molar-refractivity contribution in [2.75, 3.05) is 33.3 Å². The molecule has 1 unspecified atom stereocenters. The lowest BCUT2D eigenvalue weighted by molar-refractivity contribution is -0.147. The molecule has 2 rings (SSSR count). The number of hydrogen-bond acceptors (Lipinski definition) is 4. The van der Waals surface area contributed by atoms with E-state index in [0.29, 0.717) is 6.04 Å². The fraction of sp³-hybridized carbons (Fsp3) is 0.917. The summed E-state index contributed by atoms with van der Waals surface area (Å²) in [6.07, 6.45) is 4.56. The fourth-order valence-corrected chi connectivity index (χ4v) is 2.87. The molecular weight excluding hydrogens is 204 g/mol. The SMILES string of the molecule is COC(=O)C1CCCN(C2CCNCC2)C1. The van der Waals surface area contributed by atoms with E-state index in [1.165, 1.54) is 20.0 Å². The van der Waals surface area contributed by atoms with Crippen LogP contribution in [-0.2, 0) is 9.53 Å². The Kier molecular flexibility index (Phi) is 4.18. The predicted molar refractivity (Wildman–Crippen MR) is 62.2 cm³/mol. The molecule has 0 amide bonds. The van der Waals surface area contributed by atoms with Crippen molar-refractivity contribution in [3.8, 4) is 0 Å². The first-order valence-corrected chi connectivity index (χ1v) is 6.34. The second kappa shape index (κ2) is 5.64. The van der Waals surface area contributed by atoms with Crippen LogP contribution in [0.15, 0.2) is 0 Å². The molecule has 0 aliphatic carbocycles. The van der Waals surface area contributed by atoms with Crippen LogP contribution in [0.2, 0.25) is 0 Å². The molecule has 92 valence electrons. The molecular formula is C12H22N2O2. The van der Waals surface area contributed by atoms with Gasteiger partial charge in [-0.2, -0.15) is 0 Å². The summed E-state index contributed by atoms with van der Waals surface area (Å²) in [5.74, 6) is 0.0762. The van der Waals surface area contributed by atoms with Crippen molar-refractivity contribution < 1.29 is 9.53 Å². The van der Waals surface area contributed by atoms with Gasteiger partial charge in [-0.3, -0.25) is 9.69 Å². The second-order valence-corrected chi connectivity index (χ2v) is 4.84. The van der Waals surface area contributed by atoms with Crippen LogP contribution in [0.4, 0.5) is 0 Å². The van der Waals surface area contributed by atoms with Crippen molar-refractivity contribution in [1.29, 1.82) is 0 Å². The first-order valence-electron chi connectivity index (χ1n) is 6.34. The topological polar surface area (TPSA) is 41.6 Å². The molecule has 0 aromatic heterocycles. The van der Waals surface area contributed by atoms with Gasteiger partial charge in [-0.05, 0) is 45.3 Å². The van der Waals surface area contributed by atoms with Crippen LogP contribution in [0.5, 0.6) is 0 Å². The van der Waals surface area contributed by atoms with Crippen LogP contribution < -0.4 is 5.32 Å². The highest BCUT2D eigenvalue weighted by Gasteiger charge is 2.30. The Morgan fingerprint density at radius 1 is 1.31 bits per heavy atom. The van der Waals surface area contributed by atoms with Gasteiger partial charge < -0.3 is 10.1 Å². The molecule has 2 aliphatic heterocycles. The van der Waals surface area contributed by atoms with Crippen LogP contribution >= 0.6 is 0 Å². The van der Waals surface area contributed by atoms with Gasteiger partial charge in [0.05, 0.1) is 13.0 Å². The van der Waals surface area contributed by atoms with Crippen molar-refractivity contribution in [3.63, 3.8) is 0 Å². The van der Waals surface area contributed by atoms with E-state index in [0.717, 1.165) is 39.0 Å². The summed E-state index contributed by atoms with van der Waals surface area (Å²) >= 11 is 0. The Bertz CT molecular complexity index is 239.